The Labute approximate surface area is 175 Å². The number of aromatic nitrogens is 4. The first-order valence-electron chi connectivity index (χ1n) is 8.91. The molecule has 0 fully saturated rings. The van der Waals surface area contributed by atoms with Gasteiger partial charge >= 0.3 is 0 Å². The lowest BCUT2D eigenvalue weighted by Crippen LogP contribution is -2.15. The Morgan fingerprint density at radius 2 is 1.87 bits per heavy atom. The summed E-state index contributed by atoms with van der Waals surface area (Å²) in [6, 6.07) is 16.1. The summed E-state index contributed by atoms with van der Waals surface area (Å²) >= 11 is 1.15. The van der Waals surface area contributed by atoms with Crippen molar-refractivity contribution in [2.75, 3.05) is 11.1 Å². The zero-order chi connectivity index (χ0) is 20.9. The average molecular weight is 423 g/mol. The fourth-order valence-corrected chi connectivity index (χ4v) is 3.51. The number of carbonyl (C=O) groups excluding carboxylic acids is 1. The molecule has 0 aliphatic carbocycles. The van der Waals surface area contributed by atoms with E-state index in [0.29, 0.717) is 11.0 Å². The van der Waals surface area contributed by atoms with Gasteiger partial charge < -0.3 is 5.32 Å². The van der Waals surface area contributed by atoms with Crippen LogP contribution < -0.4 is 5.32 Å². The summed E-state index contributed by atoms with van der Waals surface area (Å²) in [5, 5.41) is 11.4. The van der Waals surface area contributed by atoms with Crippen molar-refractivity contribution in [1.82, 2.24) is 19.7 Å². The molecule has 9 heteroatoms. The maximum Gasteiger partial charge on any atom is 0.234 e. The van der Waals surface area contributed by atoms with Crippen molar-refractivity contribution in [3.8, 4) is 17.1 Å². The molecule has 150 valence electrons. The molecule has 0 radical (unpaired) electrons. The molecule has 6 nitrogen and oxygen atoms in total. The van der Waals surface area contributed by atoms with Crippen molar-refractivity contribution < 1.29 is 13.6 Å². The number of halogens is 2. The third-order valence-electron chi connectivity index (χ3n) is 4.11. The minimum Gasteiger partial charge on any atom is -0.323 e. The number of rotatable bonds is 6. The van der Waals surface area contributed by atoms with Crippen molar-refractivity contribution in [3.05, 3.63) is 84.7 Å². The molecule has 0 spiro atoms. The highest BCUT2D eigenvalue weighted by molar-refractivity contribution is 7.99. The second-order valence-electron chi connectivity index (χ2n) is 6.18. The summed E-state index contributed by atoms with van der Waals surface area (Å²) in [4.78, 5) is 16.4. The Kier molecular flexibility index (Phi) is 5.80. The van der Waals surface area contributed by atoms with Crippen LogP contribution in [0.5, 0.6) is 0 Å². The quantitative estimate of drug-likeness (QED) is 0.467. The topological polar surface area (TPSA) is 72.7 Å². The highest BCUT2D eigenvalue weighted by Crippen LogP contribution is 2.27. The predicted molar refractivity (Wildman–Crippen MR) is 110 cm³/mol. The van der Waals surface area contributed by atoms with Gasteiger partial charge in [-0.05, 0) is 36.4 Å². The maximum atomic E-state index is 13.8. The number of nitrogens with zero attached hydrogens (tertiary/aromatic N) is 4. The molecule has 1 amide bonds. The van der Waals surface area contributed by atoms with Gasteiger partial charge in [0.05, 0.1) is 11.4 Å². The smallest absolute Gasteiger partial charge is 0.234 e. The number of anilines is 1. The molecule has 0 aliphatic heterocycles. The lowest BCUT2D eigenvalue weighted by molar-refractivity contribution is -0.113. The van der Waals surface area contributed by atoms with Crippen molar-refractivity contribution in [1.29, 1.82) is 0 Å². The molecule has 0 bridgehead atoms. The van der Waals surface area contributed by atoms with Gasteiger partial charge in [-0.1, -0.05) is 30.0 Å². The third kappa shape index (κ3) is 4.36. The van der Waals surface area contributed by atoms with Crippen LogP contribution in [0.15, 0.2) is 78.2 Å². The number of pyridine rings is 1. The van der Waals surface area contributed by atoms with Crippen LogP contribution in [0.2, 0.25) is 0 Å². The van der Waals surface area contributed by atoms with Gasteiger partial charge in [-0.2, -0.15) is 0 Å². The molecular weight excluding hydrogens is 408 g/mol. The molecule has 4 rings (SSSR count). The fraction of sp³-hybridized carbons (Fsp3) is 0.0476. The number of amides is 1. The molecule has 2 aromatic heterocycles. The first kappa shape index (κ1) is 19.7. The maximum absolute atomic E-state index is 13.8. The monoisotopic (exact) mass is 423 g/mol. The normalized spacial score (nSPS) is 10.7. The lowest BCUT2D eigenvalue weighted by Gasteiger charge is -2.10. The van der Waals surface area contributed by atoms with E-state index in [2.05, 4.69) is 20.5 Å². The fourth-order valence-electron chi connectivity index (χ4n) is 2.76. The van der Waals surface area contributed by atoms with E-state index in [1.54, 1.807) is 18.5 Å². The van der Waals surface area contributed by atoms with Crippen molar-refractivity contribution >= 4 is 23.4 Å². The number of carbonyl (C=O) groups is 1. The Morgan fingerprint density at radius 1 is 1.03 bits per heavy atom. The lowest BCUT2D eigenvalue weighted by atomic mass is 10.2. The third-order valence-corrected chi connectivity index (χ3v) is 5.03. The highest BCUT2D eigenvalue weighted by atomic mass is 32.2. The minimum absolute atomic E-state index is 0.0329. The van der Waals surface area contributed by atoms with Crippen LogP contribution in [0.3, 0.4) is 0 Å². The first-order chi connectivity index (χ1) is 14.6. The van der Waals surface area contributed by atoms with Crippen LogP contribution in [0.4, 0.5) is 14.5 Å². The summed E-state index contributed by atoms with van der Waals surface area (Å²) in [5.74, 6) is -1.44. The van der Waals surface area contributed by atoms with E-state index in [1.165, 1.54) is 6.07 Å². The van der Waals surface area contributed by atoms with Gasteiger partial charge in [0.25, 0.3) is 0 Å². The number of para-hydroxylation sites is 1. The second-order valence-corrected chi connectivity index (χ2v) is 7.12. The summed E-state index contributed by atoms with van der Waals surface area (Å²) in [5.41, 5.74) is 1.52. The van der Waals surface area contributed by atoms with Gasteiger partial charge in [-0.15, -0.1) is 10.2 Å². The van der Waals surface area contributed by atoms with E-state index in [4.69, 9.17) is 0 Å². The van der Waals surface area contributed by atoms with E-state index in [1.807, 2.05) is 41.0 Å². The Hall–Kier alpha value is -3.59. The van der Waals surface area contributed by atoms with Crippen LogP contribution in [0.25, 0.3) is 17.1 Å². The van der Waals surface area contributed by atoms with Crippen molar-refractivity contribution in [2.45, 2.75) is 5.16 Å². The zero-order valence-corrected chi connectivity index (χ0v) is 16.3. The predicted octanol–water partition coefficient (Wildman–Crippen LogP) is 4.34. The number of benzene rings is 2. The molecule has 2 heterocycles. The first-order valence-corrected chi connectivity index (χ1v) is 9.89. The van der Waals surface area contributed by atoms with Crippen LogP contribution in [-0.2, 0) is 4.79 Å². The standard InChI is InChI=1S/C21H15F2N5OS/c22-15-8-9-18(17(23)11-15)25-19(29)13-30-21-27-26-20(14-5-4-10-24-12-14)28(21)16-6-2-1-3-7-16/h1-12H,13H2,(H,25,29). The molecule has 2 aromatic carbocycles. The van der Waals surface area contributed by atoms with E-state index >= 15 is 0 Å². The zero-order valence-electron chi connectivity index (χ0n) is 15.5. The molecule has 1 N–H and O–H groups in total. The van der Waals surface area contributed by atoms with Crippen molar-refractivity contribution in [3.63, 3.8) is 0 Å². The molecule has 30 heavy (non-hydrogen) atoms. The van der Waals surface area contributed by atoms with Gasteiger partial charge in [-0.3, -0.25) is 14.3 Å². The minimum atomic E-state index is -0.834. The molecule has 0 unspecified atom stereocenters. The molecule has 0 atom stereocenters. The van der Waals surface area contributed by atoms with Gasteiger partial charge in [-0.25, -0.2) is 8.78 Å². The van der Waals surface area contributed by atoms with Gasteiger partial charge in [0.1, 0.15) is 11.6 Å². The van der Waals surface area contributed by atoms with Crippen LogP contribution in [0.1, 0.15) is 0 Å². The molecular formula is C21H15F2N5OS. The van der Waals surface area contributed by atoms with Crippen molar-refractivity contribution in [2.24, 2.45) is 0 Å². The Balaban J connectivity index is 1.57. The number of hydrogen-bond acceptors (Lipinski definition) is 5. The molecule has 0 aliphatic rings. The summed E-state index contributed by atoms with van der Waals surface area (Å²) < 4.78 is 28.6. The number of thioether (sulfide) groups is 1. The summed E-state index contributed by atoms with van der Waals surface area (Å²) in [7, 11) is 0. The molecule has 4 aromatic rings. The Morgan fingerprint density at radius 3 is 2.60 bits per heavy atom. The average Bonchev–Trinajstić information content (AvgIpc) is 3.19. The largest absolute Gasteiger partial charge is 0.323 e. The van der Waals surface area contributed by atoms with Gasteiger partial charge in [0.2, 0.25) is 5.91 Å². The SMILES string of the molecule is O=C(CSc1nnc(-c2cccnc2)n1-c1ccccc1)Nc1ccc(F)cc1F. The molecule has 0 saturated heterocycles. The summed E-state index contributed by atoms with van der Waals surface area (Å²) in [6.07, 6.45) is 3.35. The van der Waals surface area contributed by atoms with E-state index in [0.717, 1.165) is 35.1 Å². The van der Waals surface area contributed by atoms with E-state index in [-0.39, 0.29) is 11.4 Å². The van der Waals surface area contributed by atoms with Gasteiger partial charge in [0.15, 0.2) is 11.0 Å². The van der Waals surface area contributed by atoms with E-state index < -0.39 is 17.5 Å². The van der Waals surface area contributed by atoms with Crippen LogP contribution in [-0.4, -0.2) is 31.4 Å². The molecule has 0 saturated carbocycles. The van der Waals surface area contributed by atoms with Crippen LogP contribution >= 0.6 is 11.8 Å². The van der Waals surface area contributed by atoms with E-state index in [9.17, 15) is 13.6 Å². The van der Waals surface area contributed by atoms with Gasteiger partial charge in [0, 0.05) is 29.7 Å². The number of nitrogens with one attached hydrogen (secondary N) is 1. The van der Waals surface area contributed by atoms with Crippen LogP contribution in [0, 0.1) is 11.6 Å². The number of hydrogen-bond donors (Lipinski definition) is 1. The summed E-state index contributed by atoms with van der Waals surface area (Å²) in [6.45, 7) is 0. The highest BCUT2D eigenvalue weighted by Gasteiger charge is 2.17. The Bertz CT molecular complexity index is 1170. The second kappa shape index (κ2) is 8.83.